The molecule has 9 rings (SSSR count). The van der Waals surface area contributed by atoms with Gasteiger partial charge in [0, 0.05) is 0 Å². The quantitative estimate of drug-likeness (QED) is 0.148. The van der Waals surface area contributed by atoms with Crippen LogP contribution in [0.3, 0.4) is 0 Å². The van der Waals surface area contributed by atoms with Crippen molar-refractivity contribution in [3.63, 3.8) is 0 Å². The molecule has 0 saturated carbocycles. The van der Waals surface area contributed by atoms with Crippen LogP contribution in [-0.4, -0.2) is 0 Å². The molecular formula is C55H42. The number of hydrogen-bond acceptors (Lipinski definition) is 0. The molecule has 9 aromatic carbocycles. The molecule has 0 heterocycles. The van der Waals surface area contributed by atoms with Gasteiger partial charge in [0.15, 0.2) is 0 Å². The Morgan fingerprint density at radius 3 is 0.691 bits per heavy atom. The van der Waals surface area contributed by atoms with Gasteiger partial charge in [0.2, 0.25) is 0 Å². The van der Waals surface area contributed by atoms with Crippen LogP contribution in [0.1, 0.15) is 25.3 Å². The highest BCUT2D eigenvalue weighted by atomic mass is 14.3. The normalized spacial score (nSPS) is 11.3. The molecule has 0 N–H and O–H groups in total. The molecule has 0 aromatic heterocycles. The summed E-state index contributed by atoms with van der Waals surface area (Å²) in [4.78, 5) is 0. The van der Waals surface area contributed by atoms with E-state index in [0.29, 0.717) is 0 Å². The lowest BCUT2D eigenvalue weighted by molar-refractivity contribution is 0.873. The number of hydrogen-bond donors (Lipinski definition) is 0. The van der Waals surface area contributed by atoms with E-state index in [9.17, 15) is 0 Å². The van der Waals surface area contributed by atoms with Gasteiger partial charge in [-0.05, 0) is 100 Å². The van der Waals surface area contributed by atoms with Gasteiger partial charge in [-0.25, -0.2) is 0 Å². The summed E-state index contributed by atoms with van der Waals surface area (Å²) in [6.45, 7) is 4.73. The predicted octanol–water partition coefficient (Wildman–Crippen LogP) is 15.6. The minimum absolute atomic E-state index is 0.204. The Labute approximate surface area is 325 Å². The van der Waals surface area contributed by atoms with E-state index in [0.717, 1.165) is 0 Å². The van der Waals surface area contributed by atoms with Crippen molar-refractivity contribution in [2.75, 3.05) is 0 Å². The van der Waals surface area contributed by atoms with Crippen molar-refractivity contribution < 1.29 is 0 Å². The summed E-state index contributed by atoms with van der Waals surface area (Å²) in [5.74, 6) is 0.204. The van der Waals surface area contributed by atoms with E-state index in [-0.39, 0.29) is 5.92 Å². The van der Waals surface area contributed by atoms with Crippen LogP contribution < -0.4 is 0 Å². The largest absolute Gasteiger partial charge is 0.0622 e. The van der Waals surface area contributed by atoms with Crippen molar-refractivity contribution in [1.82, 2.24) is 0 Å². The Bertz CT molecular complexity index is 2700. The van der Waals surface area contributed by atoms with E-state index in [1.54, 1.807) is 0 Å². The lowest BCUT2D eigenvalue weighted by Gasteiger charge is -2.32. The van der Waals surface area contributed by atoms with E-state index in [1.165, 1.54) is 94.2 Å². The molecule has 55 heavy (non-hydrogen) atoms. The molecule has 0 bridgehead atoms. The number of rotatable bonds is 8. The lowest BCUT2D eigenvalue weighted by Crippen LogP contribution is -2.06. The van der Waals surface area contributed by atoms with E-state index in [4.69, 9.17) is 0 Å². The Balaban J connectivity index is 1.72. The lowest BCUT2D eigenvalue weighted by atomic mass is 9.71. The van der Waals surface area contributed by atoms with Crippen molar-refractivity contribution in [3.05, 3.63) is 218 Å². The van der Waals surface area contributed by atoms with Crippen LogP contribution in [-0.2, 0) is 0 Å². The monoisotopic (exact) mass is 702 g/mol. The van der Waals surface area contributed by atoms with Gasteiger partial charge in [-0.2, -0.15) is 0 Å². The van der Waals surface area contributed by atoms with E-state index in [2.05, 4.69) is 226 Å². The molecule has 0 unspecified atom stereocenters. The molecule has 0 amide bonds. The van der Waals surface area contributed by atoms with Crippen LogP contribution in [0.5, 0.6) is 0 Å². The molecule has 0 atom stereocenters. The van der Waals surface area contributed by atoms with Gasteiger partial charge in [-0.1, -0.05) is 226 Å². The Hall–Kier alpha value is -6.76. The number of benzene rings is 9. The van der Waals surface area contributed by atoms with Gasteiger partial charge in [-0.15, -0.1) is 0 Å². The fraction of sp³-hybridized carbons (Fsp3) is 0.0545. The minimum atomic E-state index is 0.204. The average Bonchev–Trinajstić information content (AvgIpc) is 3.26. The molecule has 0 radical (unpaired) electrons. The van der Waals surface area contributed by atoms with Gasteiger partial charge < -0.3 is 0 Å². The van der Waals surface area contributed by atoms with Crippen LogP contribution in [0.15, 0.2) is 212 Å². The molecule has 0 aliphatic heterocycles. The summed E-state index contributed by atoms with van der Waals surface area (Å²) in [6.07, 6.45) is 0. The first kappa shape index (κ1) is 34.0. The third-order valence-corrected chi connectivity index (χ3v) is 10.8. The third kappa shape index (κ3) is 6.16. The second-order valence-electron chi connectivity index (χ2n) is 14.5. The third-order valence-electron chi connectivity index (χ3n) is 10.8. The predicted molar refractivity (Wildman–Crippen MR) is 236 cm³/mol. The van der Waals surface area contributed by atoms with E-state index < -0.39 is 0 Å². The zero-order valence-corrected chi connectivity index (χ0v) is 31.3. The second-order valence-corrected chi connectivity index (χ2v) is 14.5. The van der Waals surface area contributed by atoms with Gasteiger partial charge in [0.25, 0.3) is 0 Å². The fourth-order valence-corrected chi connectivity index (χ4v) is 8.62. The Morgan fingerprint density at radius 1 is 0.218 bits per heavy atom. The highest BCUT2D eigenvalue weighted by Gasteiger charge is 2.32. The van der Waals surface area contributed by atoms with Gasteiger partial charge in [0.05, 0.1) is 0 Å². The molecule has 0 heteroatoms. The number of fused-ring (bicyclic) bond motifs is 1. The first-order chi connectivity index (χ1) is 27.2. The molecule has 0 aliphatic rings. The maximum Gasteiger partial charge on any atom is -0.000117 e. The van der Waals surface area contributed by atoms with Crippen LogP contribution >= 0.6 is 0 Å². The highest BCUT2D eigenvalue weighted by Crippen LogP contribution is 2.59. The fourth-order valence-electron chi connectivity index (χ4n) is 8.62. The zero-order chi connectivity index (χ0) is 37.1. The van der Waals surface area contributed by atoms with E-state index in [1.807, 2.05) is 0 Å². The van der Waals surface area contributed by atoms with Crippen molar-refractivity contribution in [2.45, 2.75) is 19.8 Å². The van der Waals surface area contributed by atoms with Crippen molar-refractivity contribution >= 4 is 10.8 Å². The summed E-state index contributed by atoms with van der Waals surface area (Å²) < 4.78 is 0. The summed E-state index contributed by atoms with van der Waals surface area (Å²) in [6, 6.07) is 77.6. The maximum absolute atomic E-state index is 2.37. The summed E-state index contributed by atoms with van der Waals surface area (Å²) >= 11 is 0. The molecule has 0 saturated heterocycles. The molecule has 0 fully saturated rings. The highest BCUT2D eigenvalue weighted by molar-refractivity contribution is 6.28. The molecule has 9 aromatic rings. The first-order valence-electron chi connectivity index (χ1n) is 19.3. The summed E-state index contributed by atoms with van der Waals surface area (Å²) in [5.41, 5.74) is 18.6. The first-order valence-corrected chi connectivity index (χ1v) is 19.3. The molecule has 0 spiro atoms. The molecular weight excluding hydrogens is 661 g/mol. The Kier molecular flexibility index (Phi) is 9.24. The van der Waals surface area contributed by atoms with Crippen molar-refractivity contribution in [3.8, 4) is 77.9 Å². The van der Waals surface area contributed by atoms with Gasteiger partial charge in [0.1, 0.15) is 0 Å². The molecule has 262 valence electrons. The van der Waals surface area contributed by atoms with Crippen molar-refractivity contribution in [2.24, 2.45) is 0 Å². The summed E-state index contributed by atoms with van der Waals surface area (Å²) in [5, 5.41) is 2.54. The zero-order valence-electron chi connectivity index (χ0n) is 31.3. The SMILES string of the molecule is CC(C)c1c(-c2ccccc2)c(-c2ccccc2)c2c(-c3ccccc3)c(-c3ccccc3)c(-c3ccccc3)c(-c3ccccc3)c2c1-c1ccccc1. The topological polar surface area (TPSA) is 0 Å². The van der Waals surface area contributed by atoms with Gasteiger partial charge >= 0.3 is 0 Å². The second kappa shape index (κ2) is 14.9. The van der Waals surface area contributed by atoms with Crippen LogP contribution in [0.4, 0.5) is 0 Å². The molecule has 0 aliphatic carbocycles. The maximum atomic E-state index is 2.37. The average molecular weight is 703 g/mol. The van der Waals surface area contributed by atoms with E-state index >= 15 is 0 Å². The summed E-state index contributed by atoms with van der Waals surface area (Å²) in [7, 11) is 0. The van der Waals surface area contributed by atoms with Gasteiger partial charge in [-0.3, -0.25) is 0 Å². The van der Waals surface area contributed by atoms with Crippen LogP contribution in [0, 0.1) is 0 Å². The Morgan fingerprint density at radius 2 is 0.418 bits per heavy atom. The van der Waals surface area contributed by atoms with Crippen molar-refractivity contribution in [1.29, 1.82) is 0 Å². The smallest absolute Gasteiger partial charge is 0.000117 e. The van der Waals surface area contributed by atoms with Crippen LogP contribution in [0.25, 0.3) is 88.7 Å². The minimum Gasteiger partial charge on any atom is -0.0622 e. The standard InChI is InChI=1S/C55H42/c1-38(2)46-47(39-24-10-3-11-25-39)51(43-32-18-7-19-33-43)55-53(45-36-22-9-23-37-45)50(42-30-16-6-17-31-42)49(41-28-14-5-15-29-41)52(44-34-20-8-21-35-44)54(55)48(46)40-26-12-4-13-27-40/h3-38H,1-2H3. The van der Waals surface area contributed by atoms with Crippen LogP contribution in [0.2, 0.25) is 0 Å². The molecule has 0 nitrogen and oxygen atoms in total.